The minimum absolute atomic E-state index is 0.00479. The van der Waals surface area contributed by atoms with E-state index in [1.165, 1.54) is 19.3 Å². The Kier molecular flexibility index (Phi) is 35.6. The molecule has 326 valence electrons. The highest BCUT2D eigenvalue weighted by Gasteiger charge is 2.27. The van der Waals surface area contributed by atoms with E-state index in [0.717, 1.165) is 64.2 Å². The van der Waals surface area contributed by atoms with Crippen LogP contribution < -0.4 is 0 Å². The summed E-state index contributed by atoms with van der Waals surface area (Å²) in [6.07, 6.45) is 43.8. The van der Waals surface area contributed by atoms with E-state index in [1.807, 2.05) is 57.6 Å². The average molecular weight is 821 g/mol. The van der Waals surface area contributed by atoms with Gasteiger partial charge in [-0.3, -0.25) is 18.6 Å². The van der Waals surface area contributed by atoms with Crippen LogP contribution in [-0.2, 0) is 32.7 Å². The number of phosphoric acid groups is 1. The van der Waals surface area contributed by atoms with Gasteiger partial charge in [0.1, 0.15) is 19.8 Å². The van der Waals surface area contributed by atoms with Crippen molar-refractivity contribution in [3.63, 3.8) is 0 Å². The highest BCUT2D eigenvalue weighted by Crippen LogP contribution is 2.43. The van der Waals surface area contributed by atoms with E-state index in [9.17, 15) is 24.2 Å². The Labute approximate surface area is 346 Å². The van der Waals surface area contributed by atoms with Gasteiger partial charge in [-0.25, -0.2) is 4.57 Å². The Morgan fingerprint density at radius 3 is 1.91 bits per heavy atom. The maximum atomic E-state index is 12.7. The molecule has 11 heteroatoms. The number of nitrogens with zero attached hydrogens (tertiary/aromatic N) is 1. The maximum absolute atomic E-state index is 12.7. The van der Waals surface area contributed by atoms with Crippen LogP contribution in [-0.4, -0.2) is 86.1 Å². The first-order valence-electron chi connectivity index (χ1n) is 21.4. The molecule has 0 fully saturated rings. The van der Waals surface area contributed by atoms with Crippen molar-refractivity contribution in [2.75, 3.05) is 47.5 Å². The number of quaternary nitrogens is 1. The van der Waals surface area contributed by atoms with Crippen LogP contribution in [0.1, 0.15) is 136 Å². The van der Waals surface area contributed by atoms with Crippen molar-refractivity contribution in [2.24, 2.45) is 0 Å². The Morgan fingerprint density at radius 1 is 0.649 bits per heavy atom. The molecule has 0 saturated carbocycles. The van der Waals surface area contributed by atoms with Crippen molar-refractivity contribution in [3.8, 4) is 0 Å². The molecule has 0 aromatic rings. The summed E-state index contributed by atoms with van der Waals surface area (Å²) in [6.45, 7) is 4.07. The summed E-state index contributed by atoms with van der Waals surface area (Å²) >= 11 is 0. The quantitative estimate of drug-likeness (QED) is 0.0157. The Hall–Kier alpha value is -2.85. The Balaban J connectivity index is 4.58. The highest BCUT2D eigenvalue weighted by atomic mass is 31.2. The van der Waals surface area contributed by atoms with Crippen LogP contribution in [0.4, 0.5) is 0 Å². The van der Waals surface area contributed by atoms with Crippen LogP contribution in [0.2, 0.25) is 0 Å². The SMILES string of the molecule is CC/C=C\C/C=C\C/C=C\CCCCCCCC(=O)O[C@H](COC(=O)CCC/C=C\C/C=C\C=C\[C@H](O)C/C=C\CCCCC)COP(=O)(O)OCC[N+](C)(C)C. The molecule has 0 aromatic heterocycles. The van der Waals surface area contributed by atoms with E-state index in [1.54, 1.807) is 6.08 Å². The number of hydrogen-bond donors (Lipinski definition) is 2. The Morgan fingerprint density at radius 2 is 1.23 bits per heavy atom. The van der Waals surface area contributed by atoms with Crippen LogP contribution >= 0.6 is 7.82 Å². The molecule has 0 amide bonds. The fourth-order valence-corrected chi connectivity index (χ4v) is 5.84. The monoisotopic (exact) mass is 821 g/mol. The number of esters is 2. The summed E-state index contributed by atoms with van der Waals surface area (Å²) in [7, 11) is 1.38. The van der Waals surface area contributed by atoms with Crippen molar-refractivity contribution < 1.29 is 47.2 Å². The number of unbranched alkanes of at least 4 members (excludes halogenated alkanes) is 9. The normalized spacial score (nSPS) is 15.0. The lowest BCUT2D eigenvalue weighted by atomic mass is 10.1. The molecule has 1 unspecified atom stereocenters. The number of phosphoric ester groups is 1. The van der Waals surface area contributed by atoms with E-state index in [0.29, 0.717) is 36.7 Å². The fourth-order valence-electron chi connectivity index (χ4n) is 5.10. The van der Waals surface area contributed by atoms with Crippen LogP contribution in [0, 0.1) is 0 Å². The van der Waals surface area contributed by atoms with Gasteiger partial charge >= 0.3 is 19.8 Å². The third kappa shape index (κ3) is 41.1. The van der Waals surface area contributed by atoms with E-state index in [-0.39, 0.29) is 26.1 Å². The molecule has 10 nitrogen and oxygen atoms in total. The molecule has 0 aliphatic heterocycles. The van der Waals surface area contributed by atoms with E-state index in [2.05, 4.69) is 56.4 Å². The lowest BCUT2D eigenvalue weighted by Crippen LogP contribution is -2.37. The van der Waals surface area contributed by atoms with Crippen LogP contribution in [0.25, 0.3) is 0 Å². The molecule has 0 saturated heterocycles. The number of carbonyl (C=O) groups is 2. The van der Waals surface area contributed by atoms with Gasteiger partial charge in [-0.05, 0) is 77.0 Å². The third-order valence-electron chi connectivity index (χ3n) is 8.49. The summed E-state index contributed by atoms with van der Waals surface area (Å²) in [4.78, 5) is 35.3. The molecule has 0 bridgehead atoms. The first-order valence-corrected chi connectivity index (χ1v) is 22.9. The molecule has 0 rings (SSSR count). The largest absolute Gasteiger partial charge is 0.472 e. The first-order chi connectivity index (χ1) is 27.4. The van der Waals surface area contributed by atoms with E-state index in [4.69, 9.17) is 18.5 Å². The zero-order chi connectivity index (χ0) is 42.3. The average Bonchev–Trinajstić information content (AvgIpc) is 3.15. The number of likely N-dealkylation sites (N-methyl/N-ethyl adjacent to an activating group) is 1. The predicted octanol–water partition coefficient (Wildman–Crippen LogP) is 11.0. The third-order valence-corrected chi connectivity index (χ3v) is 9.47. The molecule has 0 heterocycles. The molecule has 0 aromatic carbocycles. The lowest BCUT2D eigenvalue weighted by Gasteiger charge is -2.24. The van der Waals surface area contributed by atoms with Gasteiger partial charge in [0.25, 0.3) is 0 Å². The van der Waals surface area contributed by atoms with E-state index >= 15 is 0 Å². The zero-order valence-electron chi connectivity index (χ0n) is 36.1. The lowest BCUT2D eigenvalue weighted by molar-refractivity contribution is -0.870. The molecule has 0 aliphatic carbocycles. The zero-order valence-corrected chi connectivity index (χ0v) is 37.0. The minimum Gasteiger partial charge on any atom is -0.462 e. The highest BCUT2D eigenvalue weighted by molar-refractivity contribution is 7.47. The predicted molar refractivity (Wildman–Crippen MR) is 235 cm³/mol. The van der Waals surface area contributed by atoms with E-state index < -0.39 is 38.6 Å². The van der Waals surface area contributed by atoms with Crippen LogP contribution in [0.15, 0.2) is 85.1 Å². The number of aliphatic hydroxyl groups is 1. The van der Waals surface area contributed by atoms with Crippen molar-refractivity contribution in [2.45, 2.75) is 148 Å². The second kappa shape index (κ2) is 37.4. The molecule has 0 spiro atoms. The van der Waals surface area contributed by atoms with Crippen molar-refractivity contribution in [1.82, 2.24) is 0 Å². The van der Waals surface area contributed by atoms with Crippen molar-refractivity contribution in [1.29, 1.82) is 0 Å². The molecule has 0 radical (unpaired) electrons. The number of ether oxygens (including phenoxy) is 2. The molecule has 2 N–H and O–H groups in total. The number of carbonyl (C=O) groups excluding carboxylic acids is 2. The van der Waals surface area contributed by atoms with Gasteiger partial charge in [0.05, 0.1) is 33.9 Å². The minimum atomic E-state index is -4.41. The van der Waals surface area contributed by atoms with Gasteiger partial charge in [-0.15, -0.1) is 0 Å². The summed E-state index contributed by atoms with van der Waals surface area (Å²) in [6, 6.07) is 0. The summed E-state index contributed by atoms with van der Waals surface area (Å²) < 4.78 is 34.1. The summed E-state index contributed by atoms with van der Waals surface area (Å²) in [5.41, 5.74) is 0. The molecular weight excluding hydrogens is 741 g/mol. The van der Waals surface area contributed by atoms with Gasteiger partial charge in [0, 0.05) is 12.8 Å². The molecular formula is C46H79NO9P+. The topological polar surface area (TPSA) is 129 Å². The van der Waals surface area contributed by atoms with Crippen LogP contribution in [0.5, 0.6) is 0 Å². The maximum Gasteiger partial charge on any atom is 0.472 e. The number of allylic oxidation sites excluding steroid dienone is 12. The summed E-state index contributed by atoms with van der Waals surface area (Å²) in [5, 5.41) is 10.0. The van der Waals surface area contributed by atoms with Gasteiger partial charge in [-0.1, -0.05) is 131 Å². The van der Waals surface area contributed by atoms with Gasteiger partial charge in [-0.2, -0.15) is 0 Å². The first kappa shape index (κ1) is 54.2. The second-order valence-electron chi connectivity index (χ2n) is 15.2. The molecule has 0 aliphatic rings. The van der Waals surface area contributed by atoms with Gasteiger partial charge < -0.3 is 24.0 Å². The van der Waals surface area contributed by atoms with Crippen LogP contribution in [0.3, 0.4) is 0 Å². The molecule has 3 atom stereocenters. The van der Waals surface area contributed by atoms with Crippen molar-refractivity contribution >= 4 is 19.8 Å². The standard InChI is InChI=1S/C46H78NO9P/c1-6-8-10-12-14-15-16-17-18-19-20-21-26-30-34-38-46(50)56-44(42-55-57(51,52)54-40-39-47(3,4)5)41-53-45(49)37-33-29-25-23-22-24-28-32-36-43(48)35-31-27-13-11-9-7-2/h8,10,14-15,17-18,23-25,27-28,31-32,36,43-44,48H,6-7,9,11-13,16,19-22,26,29-30,33-35,37-42H2,1-5H3/p+1/b10-8-,15-14-,18-17-,25-23-,28-24-,31-27-,36-32+/t43-,44-/m1/s1. The summed E-state index contributed by atoms with van der Waals surface area (Å²) in [5.74, 6) is -0.933. The number of rotatable bonds is 37. The van der Waals surface area contributed by atoms with Gasteiger partial charge in [0.15, 0.2) is 6.10 Å². The smallest absolute Gasteiger partial charge is 0.462 e. The van der Waals surface area contributed by atoms with Gasteiger partial charge in [0.2, 0.25) is 0 Å². The Bertz CT molecular complexity index is 1260. The van der Waals surface area contributed by atoms with Crippen molar-refractivity contribution in [3.05, 3.63) is 85.1 Å². The number of hydrogen-bond acceptors (Lipinski definition) is 8. The second-order valence-corrected chi connectivity index (χ2v) is 16.6. The fraction of sp³-hybridized carbons (Fsp3) is 0.652. The molecule has 57 heavy (non-hydrogen) atoms. The number of aliphatic hydroxyl groups excluding tert-OH is 1.